The van der Waals surface area contributed by atoms with Gasteiger partial charge in [0.25, 0.3) is 0 Å². The second kappa shape index (κ2) is 6.87. The Morgan fingerprint density at radius 3 is 2.74 bits per heavy atom. The molecule has 27 heavy (non-hydrogen) atoms. The normalized spacial score (nSPS) is 20.7. The minimum atomic E-state index is -1.49. The lowest BCUT2D eigenvalue weighted by molar-refractivity contribution is -0.157. The van der Waals surface area contributed by atoms with Crippen LogP contribution in [0.4, 0.5) is 0 Å². The van der Waals surface area contributed by atoms with Crippen molar-refractivity contribution in [3.05, 3.63) is 58.6 Å². The van der Waals surface area contributed by atoms with Crippen molar-refractivity contribution >= 4 is 23.2 Å². The lowest BCUT2D eigenvalue weighted by Gasteiger charge is -2.31. The molecule has 2 aromatic rings. The highest BCUT2D eigenvalue weighted by Crippen LogP contribution is 2.37. The Labute approximate surface area is 162 Å². The molecule has 0 unspecified atom stereocenters. The van der Waals surface area contributed by atoms with Crippen LogP contribution in [0.5, 0.6) is 11.5 Å². The smallest absolute Gasteiger partial charge is 0.245 e. The first-order chi connectivity index (χ1) is 13.0. The van der Waals surface area contributed by atoms with Gasteiger partial charge in [-0.05, 0) is 43.2 Å². The molecule has 0 spiro atoms. The average Bonchev–Trinajstić information content (AvgIpc) is 3.24. The van der Waals surface area contributed by atoms with Gasteiger partial charge in [0.15, 0.2) is 17.2 Å². The number of nitrogens with zero attached hydrogens (tertiary/aromatic N) is 2. The van der Waals surface area contributed by atoms with Crippen molar-refractivity contribution in [2.75, 3.05) is 6.79 Å². The maximum absolute atomic E-state index is 12.8. The van der Waals surface area contributed by atoms with E-state index in [-0.39, 0.29) is 25.5 Å². The molecule has 2 heterocycles. The molecule has 7 heteroatoms. The van der Waals surface area contributed by atoms with Crippen LogP contribution in [0.3, 0.4) is 0 Å². The fourth-order valence-electron chi connectivity index (χ4n) is 3.38. The second-order valence-corrected chi connectivity index (χ2v) is 7.17. The molecule has 0 fully saturated rings. The van der Waals surface area contributed by atoms with Crippen molar-refractivity contribution in [2.45, 2.75) is 31.9 Å². The number of fused-ring (bicyclic) bond motifs is 1. The quantitative estimate of drug-likeness (QED) is 0.873. The second-order valence-electron chi connectivity index (χ2n) is 6.73. The lowest BCUT2D eigenvalue weighted by atomic mass is 9.97. The third-order valence-corrected chi connectivity index (χ3v) is 4.98. The zero-order valence-electron chi connectivity index (χ0n) is 14.8. The Balaban J connectivity index is 1.50. The van der Waals surface area contributed by atoms with Gasteiger partial charge in [-0.2, -0.15) is 10.1 Å². The number of carbonyl (C=O) groups is 1. The van der Waals surface area contributed by atoms with Crippen LogP contribution in [-0.4, -0.2) is 28.5 Å². The average molecular weight is 387 g/mol. The van der Waals surface area contributed by atoms with E-state index >= 15 is 0 Å². The van der Waals surface area contributed by atoms with E-state index in [9.17, 15) is 9.90 Å². The summed E-state index contributed by atoms with van der Waals surface area (Å²) in [6.45, 7) is 2.01. The van der Waals surface area contributed by atoms with E-state index in [1.165, 1.54) is 5.01 Å². The number of amides is 1. The van der Waals surface area contributed by atoms with E-state index in [1.807, 2.05) is 18.2 Å². The highest BCUT2D eigenvalue weighted by atomic mass is 35.5. The molecule has 2 aliphatic heterocycles. The molecule has 1 N–H and O–H groups in total. The number of hydrazone groups is 1. The summed E-state index contributed by atoms with van der Waals surface area (Å²) in [5, 5.41) is 17.2. The molecule has 1 amide bonds. The fourth-order valence-corrected chi connectivity index (χ4v) is 3.50. The number of ether oxygens (including phenoxy) is 2. The van der Waals surface area contributed by atoms with Gasteiger partial charge in [-0.15, -0.1) is 0 Å². The molecule has 0 saturated heterocycles. The largest absolute Gasteiger partial charge is 0.454 e. The highest BCUT2D eigenvalue weighted by molar-refractivity contribution is 6.30. The maximum Gasteiger partial charge on any atom is 0.245 e. The monoisotopic (exact) mass is 386 g/mol. The first-order valence-electron chi connectivity index (χ1n) is 8.70. The van der Waals surface area contributed by atoms with Crippen LogP contribution in [0.2, 0.25) is 5.02 Å². The summed E-state index contributed by atoms with van der Waals surface area (Å²) in [6, 6.07) is 12.4. The van der Waals surface area contributed by atoms with Gasteiger partial charge < -0.3 is 14.6 Å². The Bertz CT molecular complexity index is 913. The first-order valence-corrected chi connectivity index (χ1v) is 9.07. The van der Waals surface area contributed by atoms with E-state index in [0.29, 0.717) is 34.2 Å². The van der Waals surface area contributed by atoms with Crippen molar-refractivity contribution in [3.8, 4) is 11.5 Å². The summed E-state index contributed by atoms with van der Waals surface area (Å²) in [6.07, 6.45) is 0.994. The Hall–Kier alpha value is -2.57. The van der Waals surface area contributed by atoms with Crippen LogP contribution in [0.25, 0.3) is 0 Å². The Kier molecular flexibility index (Phi) is 4.53. The molecule has 0 aromatic heterocycles. The number of carbonyl (C=O) groups excluding carboxylic acids is 1. The molecule has 2 aromatic carbocycles. The summed E-state index contributed by atoms with van der Waals surface area (Å²) >= 11 is 5.94. The van der Waals surface area contributed by atoms with E-state index in [0.717, 1.165) is 5.56 Å². The Morgan fingerprint density at radius 1 is 1.22 bits per heavy atom. The summed E-state index contributed by atoms with van der Waals surface area (Å²) in [5.74, 6) is 1.15. The topological polar surface area (TPSA) is 71.4 Å². The number of hydrogen-bond donors (Lipinski definition) is 1. The summed E-state index contributed by atoms with van der Waals surface area (Å²) < 4.78 is 10.7. The van der Waals surface area contributed by atoms with Crippen molar-refractivity contribution < 1.29 is 19.4 Å². The number of benzene rings is 2. The molecule has 0 aliphatic carbocycles. The van der Waals surface area contributed by atoms with E-state index in [1.54, 1.807) is 31.2 Å². The van der Waals surface area contributed by atoms with Crippen LogP contribution in [-0.2, 0) is 16.9 Å². The van der Waals surface area contributed by atoms with Crippen molar-refractivity contribution in [3.63, 3.8) is 0 Å². The summed E-state index contributed by atoms with van der Waals surface area (Å²) in [5.41, 5.74) is 0.760. The van der Waals surface area contributed by atoms with Crippen LogP contribution < -0.4 is 9.47 Å². The van der Waals surface area contributed by atoms with E-state index in [2.05, 4.69) is 5.10 Å². The molecule has 2 aliphatic rings. The SMILES string of the molecule is CC1=NN(C(=O)CCc2ccc3c(c2)OCO3)[C@](O)(c2ccc(Cl)cc2)C1. The van der Waals surface area contributed by atoms with Gasteiger partial charge in [-0.25, -0.2) is 0 Å². The summed E-state index contributed by atoms with van der Waals surface area (Å²) in [4.78, 5) is 12.8. The predicted molar refractivity (Wildman–Crippen MR) is 101 cm³/mol. The van der Waals surface area contributed by atoms with Gasteiger partial charge in [-0.1, -0.05) is 29.8 Å². The Morgan fingerprint density at radius 2 is 1.96 bits per heavy atom. The molecule has 0 bridgehead atoms. The van der Waals surface area contributed by atoms with E-state index in [4.69, 9.17) is 21.1 Å². The van der Waals surface area contributed by atoms with Gasteiger partial charge >= 0.3 is 0 Å². The number of hydrogen-bond acceptors (Lipinski definition) is 5. The third-order valence-electron chi connectivity index (χ3n) is 4.73. The fraction of sp³-hybridized carbons (Fsp3) is 0.300. The van der Waals surface area contributed by atoms with Crippen LogP contribution >= 0.6 is 11.6 Å². The van der Waals surface area contributed by atoms with Gasteiger partial charge in [-0.3, -0.25) is 4.79 Å². The lowest BCUT2D eigenvalue weighted by Crippen LogP contribution is -2.43. The molecular formula is C20H19ClN2O4. The van der Waals surface area contributed by atoms with Crippen molar-refractivity contribution in [1.29, 1.82) is 0 Å². The standard InChI is InChI=1S/C20H19ClN2O4/c1-13-11-20(25,15-4-6-16(21)7-5-15)23(22-13)19(24)9-3-14-2-8-17-18(10-14)27-12-26-17/h2,4-8,10,25H,3,9,11-12H2,1H3/t20-/m1/s1. The van der Waals surface area contributed by atoms with E-state index < -0.39 is 5.72 Å². The number of rotatable bonds is 4. The molecule has 0 radical (unpaired) electrons. The number of aryl methyl sites for hydroxylation is 1. The van der Waals surface area contributed by atoms with Gasteiger partial charge in [0.05, 0.1) is 0 Å². The van der Waals surface area contributed by atoms with Gasteiger partial charge in [0, 0.05) is 29.1 Å². The maximum atomic E-state index is 12.8. The van der Waals surface area contributed by atoms with Crippen molar-refractivity contribution in [2.24, 2.45) is 5.10 Å². The molecule has 0 saturated carbocycles. The zero-order valence-corrected chi connectivity index (χ0v) is 15.6. The predicted octanol–water partition coefficient (Wildman–Crippen LogP) is 3.45. The van der Waals surface area contributed by atoms with Gasteiger partial charge in [0.1, 0.15) is 0 Å². The number of aliphatic hydroxyl groups is 1. The van der Waals surface area contributed by atoms with Gasteiger partial charge in [0.2, 0.25) is 12.7 Å². The van der Waals surface area contributed by atoms with Crippen molar-refractivity contribution in [1.82, 2.24) is 5.01 Å². The highest BCUT2D eigenvalue weighted by Gasteiger charge is 2.44. The first kappa shape index (κ1) is 17.8. The minimum absolute atomic E-state index is 0.215. The minimum Gasteiger partial charge on any atom is -0.454 e. The zero-order chi connectivity index (χ0) is 19.0. The summed E-state index contributed by atoms with van der Waals surface area (Å²) in [7, 11) is 0. The van der Waals surface area contributed by atoms with Crippen LogP contribution in [0.15, 0.2) is 47.6 Å². The molecule has 6 nitrogen and oxygen atoms in total. The number of halogens is 1. The van der Waals surface area contributed by atoms with Crippen LogP contribution in [0.1, 0.15) is 30.9 Å². The molecule has 4 rings (SSSR count). The van der Waals surface area contributed by atoms with Crippen LogP contribution in [0, 0.1) is 0 Å². The molecular weight excluding hydrogens is 368 g/mol. The molecule has 1 atom stereocenters. The third kappa shape index (κ3) is 3.38. The molecule has 140 valence electrons.